The van der Waals surface area contributed by atoms with E-state index in [1.165, 1.54) is 0 Å². The number of benzene rings is 3. The lowest BCUT2D eigenvalue weighted by Crippen LogP contribution is -2.38. The summed E-state index contributed by atoms with van der Waals surface area (Å²) in [5.74, 6) is 0. The molecule has 2 amide bonds. The standard InChI is InChI=1S/C26H22BrN3O/c1-18-7-2-4-9-22(18)25-24-11-6-16-29(24)23-10-5-3-8-19(23)17-30(25)26(31)28-21-14-12-20(27)13-15-21/h2-16,25H,17H2,1H3,(H,28,31)/t25-/m1/s1. The highest BCUT2D eigenvalue weighted by Crippen LogP contribution is 2.38. The molecule has 0 radical (unpaired) electrons. The molecule has 2 heterocycles. The van der Waals surface area contributed by atoms with Gasteiger partial charge in [-0.15, -0.1) is 0 Å². The van der Waals surface area contributed by atoms with Crippen molar-refractivity contribution in [3.8, 4) is 5.69 Å². The van der Waals surface area contributed by atoms with Gasteiger partial charge >= 0.3 is 6.03 Å². The smallest absolute Gasteiger partial charge is 0.318 e. The zero-order valence-electron chi connectivity index (χ0n) is 17.1. The molecule has 0 bridgehead atoms. The first-order chi connectivity index (χ1) is 15.1. The van der Waals surface area contributed by atoms with E-state index >= 15 is 0 Å². The molecule has 0 saturated carbocycles. The number of carbonyl (C=O) groups is 1. The van der Waals surface area contributed by atoms with E-state index in [0.29, 0.717) is 6.54 Å². The van der Waals surface area contributed by atoms with Gasteiger partial charge < -0.3 is 14.8 Å². The number of hydrogen-bond donors (Lipinski definition) is 1. The first-order valence-electron chi connectivity index (χ1n) is 10.3. The molecule has 0 fully saturated rings. The Labute approximate surface area is 190 Å². The highest BCUT2D eigenvalue weighted by Gasteiger charge is 2.33. The molecule has 31 heavy (non-hydrogen) atoms. The van der Waals surface area contributed by atoms with Crippen LogP contribution in [0.25, 0.3) is 5.69 Å². The molecular formula is C26H22BrN3O. The third kappa shape index (κ3) is 3.66. The number of carbonyl (C=O) groups excluding carboxylic acids is 1. The predicted molar refractivity (Wildman–Crippen MR) is 127 cm³/mol. The zero-order chi connectivity index (χ0) is 21.4. The Hall–Kier alpha value is -3.31. The van der Waals surface area contributed by atoms with E-state index in [4.69, 9.17) is 0 Å². The second kappa shape index (κ2) is 8.08. The maximum absolute atomic E-state index is 13.6. The van der Waals surface area contributed by atoms with Crippen molar-refractivity contribution in [1.29, 1.82) is 0 Å². The number of fused-ring (bicyclic) bond motifs is 3. The normalized spacial score (nSPS) is 15.0. The Morgan fingerprint density at radius 1 is 0.935 bits per heavy atom. The Morgan fingerprint density at radius 2 is 1.68 bits per heavy atom. The van der Waals surface area contributed by atoms with Crippen LogP contribution in [0.1, 0.15) is 28.4 Å². The predicted octanol–water partition coefficient (Wildman–Crippen LogP) is 6.69. The molecule has 1 atom stereocenters. The van der Waals surface area contributed by atoms with Gasteiger partial charge in [0, 0.05) is 22.1 Å². The number of para-hydroxylation sites is 1. The van der Waals surface area contributed by atoms with Crippen LogP contribution in [0.2, 0.25) is 0 Å². The monoisotopic (exact) mass is 471 g/mol. The number of anilines is 1. The second-order valence-electron chi connectivity index (χ2n) is 7.76. The zero-order valence-corrected chi connectivity index (χ0v) is 18.7. The maximum atomic E-state index is 13.6. The molecule has 4 nitrogen and oxygen atoms in total. The average molecular weight is 472 g/mol. The van der Waals surface area contributed by atoms with Crippen LogP contribution in [0, 0.1) is 6.92 Å². The summed E-state index contributed by atoms with van der Waals surface area (Å²) in [7, 11) is 0. The van der Waals surface area contributed by atoms with Crippen LogP contribution in [-0.4, -0.2) is 15.5 Å². The number of amides is 2. The molecule has 0 aliphatic carbocycles. The number of urea groups is 1. The Morgan fingerprint density at radius 3 is 2.48 bits per heavy atom. The van der Waals surface area contributed by atoms with Crippen LogP contribution in [0.15, 0.2) is 95.6 Å². The summed E-state index contributed by atoms with van der Waals surface area (Å²) < 4.78 is 3.18. The largest absolute Gasteiger partial charge is 0.322 e. The van der Waals surface area contributed by atoms with E-state index in [1.807, 2.05) is 59.5 Å². The second-order valence-corrected chi connectivity index (χ2v) is 8.67. The first-order valence-corrected chi connectivity index (χ1v) is 11.1. The van der Waals surface area contributed by atoms with Gasteiger partial charge in [-0.1, -0.05) is 58.4 Å². The minimum absolute atomic E-state index is 0.125. The average Bonchev–Trinajstić information content (AvgIpc) is 3.21. The van der Waals surface area contributed by atoms with Crippen molar-refractivity contribution in [2.24, 2.45) is 0 Å². The Balaban J connectivity index is 1.64. The van der Waals surface area contributed by atoms with Gasteiger partial charge in [0.1, 0.15) is 6.04 Å². The number of nitrogens with zero attached hydrogens (tertiary/aromatic N) is 2. The van der Waals surface area contributed by atoms with Gasteiger partial charge in [-0.25, -0.2) is 4.79 Å². The minimum atomic E-state index is -0.209. The molecule has 0 saturated heterocycles. The van der Waals surface area contributed by atoms with Gasteiger partial charge in [-0.3, -0.25) is 0 Å². The van der Waals surface area contributed by atoms with E-state index in [1.54, 1.807) is 0 Å². The van der Waals surface area contributed by atoms with Gasteiger partial charge in [-0.05, 0) is 66.1 Å². The topological polar surface area (TPSA) is 37.3 Å². The Kier molecular flexibility index (Phi) is 5.12. The summed E-state index contributed by atoms with van der Waals surface area (Å²) in [5, 5.41) is 3.10. The molecule has 3 aromatic carbocycles. The number of aromatic nitrogens is 1. The van der Waals surface area contributed by atoms with Crippen LogP contribution in [0.5, 0.6) is 0 Å². The van der Waals surface area contributed by atoms with E-state index in [0.717, 1.165) is 38.2 Å². The first kappa shape index (κ1) is 19.6. The molecule has 0 unspecified atom stereocenters. The van der Waals surface area contributed by atoms with Crippen LogP contribution >= 0.6 is 15.9 Å². The molecule has 5 heteroatoms. The SMILES string of the molecule is Cc1ccccc1[C@@H]1c2cccn2-c2ccccc2CN1C(=O)Nc1ccc(Br)cc1. The molecule has 5 rings (SSSR count). The summed E-state index contributed by atoms with van der Waals surface area (Å²) in [5.41, 5.74) is 6.35. The van der Waals surface area contributed by atoms with E-state index in [2.05, 4.69) is 69.3 Å². The van der Waals surface area contributed by atoms with Crippen molar-refractivity contribution in [1.82, 2.24) is 9.47 Å². The van der Waals surface area contributed by atoms with Gasteiger partial charge in [0.15, 0.2) is 0 Å². The van der Waals surface area contributed by atoms with Crippen molar-refractivity contribution in [3.05, 3.63) is 118 Å². The summed E-state index contributed by atoms with van der Waals surface area (Å²) in [4.78, 5) is 15.6. The van der Waals surface area contributed by atoms with Gasteiger partial charge in [0.2, 0.25) is 0 Å². The summed E-state index contributed by atoms with van der Waals surface area (Å²) in [6, 6.07) is 28.1. The van der Waals surface area contributed by atoms with Crippen molar-refractivity contribution >= 4 is 27.6 Å². The number of nitrogens with one attached hydrogen (secondary N) is 1. The van der Waals surface area contributed by atoms with E-state index in [-0.39, 0.29) is 12.1 Å². The van der Waals surface area contributed by atoms with Gasteiger partial charge in [0.05, 0.1) is 12.2 Å². The molecular weight excluding hydrogens is 450 g/mol. The number of hydrogen-bond acceptors (Lipinski definition) is 1. The number of halogens is 1. The molecule has 1 aliphatic heterocycles. The third-order valence-electron chi connectivity index (χ3n) is 5.80. The van der Waals surface area contributed by atoms with E-state index in [9.17, 15) is 4.79 Å². The lowest BCUT2D eigenvalue weighted by atomic mass is 9.97. The van der Waals surface area contributed by atoms with Crippen molar-refractivity contribution in [2.75, 3.05) is 5.32 Å². The fourth-order valence-electron chi connectivity index (χ4n) is 4.29. The number of aryl methyl sites for hydroxylation is 1. The number of rotatable bonds is 2. The minimum Gasteiger partial charge on any atom is -0.318 e. The quantitative estimate of drug-likeness (QED) is 0.347. The van der Waals surface area contributed by atoms with Crippen molar-refractivity contribution in [3.63, 3.8) is 0 Å². The van der Waals surface area contributed by atoms with E-state index < -0.39 is 0 Å². The van der Waals surface area contributed by atoms with Crippen LogP contribution < -0.4 is 5.32 Å². The fraction of sp³-hybridized carbons (Fsp3) is 0.115. The summed E-state index contributed by atoms with van der Waals surface area (Å²) >= 11 is 3.45. The van der Waals surface area contributed by atoms with Gasteiger partial charge in [-0.2, -0.15) is 0 Å². The molecule has 1 aromatic heterocycles. The summed E-state index contributed by atoms with van der Waals surface area (Å²) in [6.45, 7) is 2.62. The van der Waals surface area contributed by atoms with Crippen LogP contribution in [-0.2, 0) is 6.54 Å². The highest BCUT2D eigenvalue weighted by atomic mass is 79.9. The van der Waals surface area contributed by atoms with Gasteiger partial charge in [0.25, 0.3) is 0 Å². The lowest BCUT2D eigenvalue weighted by molar-refractivity contribution is 0.194. The molecule has 154 valence electrons. The van der Waals surface area contributed by atoms with Crippen molar-refractivity contribution in [2.45, 2.75) is 19.5 Å². The third-order valence-corrected chi connectivity index (χ3v) is 6.33. The fourth-order valence-corrected chi connectivity index (χ4v) is 4.55. The lowest BCUT2D eigenvalue weighted by Gasteiger charge is -2.32. The molecule has 1 aliphatic rings. The molecule has 1 N–H and O–H groups in total. The maximum Gasteiger partial charge on any atom is 0.322 e. The summed E-state index contributed by atoms with van der Waals surface area (Å²) in [6.07, 6.45) is 2.08. The highest BCUT2D eigenvalue weighted by molar-refractivity contribution is 9.10. The Bertz CT molecular complexity index is 1250. The van der Waals surface area contributed by atoms with Crippen molar-refractivity contribution < 1.29 is 4.79 Å². The molecule has 4 aromatic rings. The molecule has 0 spiro atoms. The van der Waals surface area contributed by atoms with Crippen LogP contribution in [0.3, 0.4) is 0 Å². The van der Waals surface area contributed by atoms with Crippen LogP contribution in [0.4, 0.5) is 10.5 Å².